The minimum absolute atomic E-state index is 0.190. The van der Waals surface area contributed by atoms with Crippen molar-refractivity contribution in [3.8, 4) is 22.5 Å². The van der Waals surface area contributed by atoms with E-state index in [1.165, 1.54) is 11.9 Å². The molecule has 0 saturated carbocycles. The minimum atomic E-state index is -0.294. The molecule has 0 bridgehead atoms. The molecular weight excluding hydrogens is 430 g/mol. The van der Waals surface area contributed by atoms with Gasteiger partial charge in [-0.1, -0.05) is 18.2 Å². The third kappa shape index (κ3) is 3.56. The second-order valence-electron chi connectivity index (χ2n) is 9.32. The molecular formula is C25H29N7O2. The summed E-state index contributed by atoms with van der Waals surface area (Å²) in [4.78, 5) is 6.49. The fourth-order valence-corrected chi connectivity index (χ4v) is 5.48. The quantitative estimate of drug-likeness (QED) is 0.483. The van der Waals surface area contributed by atoms with Crippen molar-refractivity contribution in [3.63, 3.8) is 0 Å². The van der Waals surface area contributed by atoms with E-state index in [-0.39, 0.29) is 18.2 Å². The summed E-state index contributed by atoms with van der Waals surface area (Å²) >= 11 is 0. The molecule has 6 rings (SSSR count). The molecule has 2 aliphatic rings. The number of anilines is 1. The fraction of sp³-hybridized carbons (Fsp3) is 0.400. The molecule has 2 fully saturated rings. The van der Waals surface area contributed by atoms with Gasteiger partial charge in [-0.05, 0) is 50.1 Å². The molecule has 0 spiro atoms. The molecule has 0 amide bonds. The van der Waals surface area contributed by atoms with E-state index in [2.05, 4.69) is 62.1 Å². The zero-order valence-corrected chi connectivity index (χ0v) is 19.2. The van der Waals surface area contributed by atoms with Crippen LogP contribution in [0.15, 0.2) is 48.9 Å². The van der Waals surface area contributed by atoms with E-state index in [0.29, 0.717) is 12.4 Å². The molecule has 9 nitrogen and oxygen atoms in total. The number of aliphatic hydroxyl groups is 1. The van der Waals surface area contributed by atoms with Gasteiger partial charge >= 0.3 is 0 Å². The average molecular weight is 460 g/mol. The first-order valence-electron chi connectivity index (χ1n) is 11.8. The minimum Gasteiger partial charge on any atom is -0.392 e. The van der Waals surface area contributed by atoms with E-state index in [1.54, 1.807) is 0 Å². The van der Waals surface area contributed by atoms with Crippen LogP contribution in [0.5, 0.6) is 0 Å². The Balaban J connectivity index is 1.48. The number of β-amino-alcohol motifs (C(OH)–C–C–N with tert-alkyl or cyclic N) is 1. The van der Waals surface area contributed by atoms with Crippen LogP contribution in [0.3, 0.4) is 0 Å². The second-order valence-corrected chi connectivity index (χ2v) is 9.32. The van der Waals surface area contributed by atoms with Crippen LogP contribution in [-0.2, 0) is 4.74 Å². The number of nitrogens with two attached hydrogens (primary N) is 1. The zero-order chi connectivity index (χ0) is 23.2. The van der Waals surface area contributed by atoms with E-state index in [1.807, 2.05) is 16.8 Å². The standard InChI is InChI=1S/C25H29N7O2/c1-30-14-19(33)12-22(30)16-3-2-4-17(11-16)23-13-20(24-25(26)27-15-29-32(23)24)21-5-8-28-31(21)18-6-9-34-10-7-18/h2-5,8,11,13,15,18-19,22,33H,6-7,9-10,12,14H2,1H3,(H2,26,27,29)/t19-,22?/m1/s1. The lowest BCUT2D eigenvalue weighted by Crippen LogP contribution is -2.21. The molecule has 3 aromatic heterocycles. The van der Waals surface area contributed by atoms with Crippen molar-refractivity contribution in [1.29, 1.82) is 0 Å². The third-order valence-corrected chi connectivity index (χ3v) is 7.16. The molecule has 9 heteroatoms. The lowest BCUT2D eigenvalue weighted by molar-refractivity contribution is 0.0667. The molecule has 0 aliphatic carbocycles. The zero-order valence-electron chi connectivity index (χ0n) is 19.2. The summed E-state index contributed by atoms with van der Waals surface area (Å²) < 4.78 is 9.53. The van der Waals surface area contributed by atoms with E-state index >= 15 is 0 Å². The lowest BCUT2D eigenvalue weighted by atomic mass is 10.00. The van der Waals surface area contributed by atoms with Crippen LogP contribution in [0, 0.1) is 0 Å². The normalized spacial score (nSPS) is 22.1. The van der Waals surface area contributed by atoms with Crippen molar-refractivity contribution in [2.45, 2.75) is 37.5 Å². The topological polar surface area (TPSA) is 107 Å². The van der Waals surface area contributed by atoms with E-state index in [0.717, 1.165) is 60.5 Å². The number of likely N-dealkylation sites (tertiary alicyclic amines) is 1. The highest BCUT2D eigenvalue weighted by Gasteiger charge is 2.30. The number of nitrogen functional groups attached to an aromatic ring is 1. The maximum atomic E-state index is 10.1. The molecule has 3 N–H and O–H groups in total. The summed E-state index contributed by atoms with van der Waals surface area (Å²) in [6, 6.07) is 13.1. The van der Waals surface area contributed by atoms with Gasteiger partial charge in [-0.3, -0.25) is 9.58 Å². The van der Waals surface area contributed by atoms with Crippen molar-refractivity contribution in [1.82, 2.24) is 29.3 Å². The molecule has 4 aromatic rings. The number of benzene rings is 1. The van der Waals surface area contributed by atoms with Crippen molar-refractivity contribution < 1.29 is 9.84 Å². The van der Waals surface area contributed by atoms with Crippen LogP contribution in [-0.4, -0.2) is 67.3 Å². The van der Waals surface area contributed by atoms with Crippen molar-refractivity contribution in [3.05, 3.63) is 54.5 Å². The number of likely N-dealkylation sites (N-methyl/N-ethyl adjacent to an activating group) is 1. The Morgan fingerprint density at radius 2 is 1.94 bits per heavy atom. The predicted molar refractivity (Wildman–Crippen MR) is 129 cm³/mol. The number of aromatic nitrogens is 5. The first-order chi connectivity index (χ1) is 16.6. The summed E-state index contributed by atoms with van der Waals surface area (Å²) in [5.41, 5.74) is 12.3. The van der Waals surface area contributed by atoms with Crippen molar-refractivity contribution in [2.75, 3.05) is 32.5 Å². The van der Waals surface area contributed by atoms with E-state index in [4.69, 9.17) is 10.5 Å². The number of rotatable bonds is 4. The van der Waals surface area contributed by atoms with Crippen LogP contribution < -0.4 is 5.73 Å². The highest BCUT2D eigenvalue weighted by Crippen LogP contribution is 2.38. The second kappa shape index (κ2) is 8.50. The van der Waals surface area contributed by atoms with Crippen LogP contribution in [0.1, 0.15) is 36.9 Å². The summed E-state index contributed by atoms with van der Waals surface area (Å²) in [7, 11) is 2.06. The first-order valence-corrected chi connectivity index (χ1v) is 11.8. The smallest absolute Gasteiger partial charge is 0.152 e. The number of fused-ring (bicyclic) bond motifs is 1. The van der Waals surface area contributed by atoms with Gasteiger partial charge < -0.3 is 15.6 Å². The molecule has 1 aromatic carbocycles. The Kier molecular flexibility index (Phi) is 5.32. The van der Waals surface area contributed by atoms with Crippen molar-refractivity contribution in [2.24, 2.45) is 0 Å². The van der Waals surface area contributed by atoms with Crippen LogP contribution in [0.4, 0.5) is 5.82 Å². The van der Waals surface area contributed by atoms with Gasteiger partial charge in [0.2, 0.25) is 0 Å². The Morgan fingerprint density at radius 3 is 2.74 bits per heavy atom. The molecule has 1 unspecified atom stereocenters. The molecule has 2 aliphatic heterocycles. The van der Waals surface area contributed by atoms with Gasteiger partial charge in [0.05, 0.1) is 23.5 Å². The highest BCUT2D eigenvalue weighted by molar-refractivity contribution is 5.90. The summed E-state index contributed by atoms with van der Waals surface area (Å²) in [5, 5.41) is 19.4. The Morgan fingerprint density at radius 1 is 1.09 bits per heavy atom. The maximum Gasteiger partial charge on any atom is 0.152 e. The van der Waals surface area contributed by atoms with Crippen molar-refractivity contribution >= 4 is 11.3 Å². The SMILES string of the molecule is CN1C[C@H](O)CC1c1cccc(-c2cc(-c3ccnn3C3CCOCC3)c3c(N)ncnn23)c1. The maximum absolute atomic E-state index is 10.1. The Hall–Kier alpha value is -3.27. The van der Waals surface area contributed by atoms with Gasteiger partial charge in [-0.15, -0.1) is 0 Å². The first kappa shape index (κ1) is 21.3. The van der Waals surface area contributed by atoms with Gasteiger partial charge in [0.1, 0.15) is 11.8 Å². The molecule has 34 heavy (non-hydrogen) atoms. The summed E-state index contributed by atoms with van der Waals surface area (Å²) in [6.07, 6.45) is 5.65. The largest absolute Gasteiger partial charge is 0.392 e. The fourth-order valence-electron chi connectivity index (χ4n) is 5.48. The van der Waals surface area contributed by atoms with Gasteiger partial charge in [-0.2, -0.15) is 10.2 Å². The monoisotopic (exact) mass is 459 g/mol. The van der Waals surface area contributed by atoms with E-state index in [9.17, 15) is 5.11 Å². The molecule has 176 valence electrons. The average Bonchev–Trinajstić information content (AvgIpc) is 3.56. The van der Waals surface area contributed by atoms with E-state index < -0.39 is 0 Å². The highest BCUT2D eigenvalue weighted by atomic mass is 16.5. The molecule has 5 heterocycles. The van der Waals surface area contributed by atoms with Crippen LogP contribution >= 0.6 is 0 Å². The Labute approximate surface area is 197 Å². The Bertz CT molecular complexity index is 1320. The number of hydrogen-bond donors (Lipinski definition) is 2. The number of nitrogens with zero attached hydrogens (tertiary/aromatic N) is 6. The van der Waals surface area contributed by atoms with Crippen LogP contribution in [0.2, 0.25) is 0 Å². The molecule has 2 atom stereocenters. The number of ether oxygens (including phenoxy) is 1. The van der Waals surface area contributed by atoms with Gasteiger partial charge in [0, 0.05) is 43.1 Å². The number of hydrogen-bond acceptors (Lipinski definition) is 7. The third-order valence-electron chi connectivity index (χ3n) is 7.16. The predicted octanol–water partition coefficient (Wildman–Crippen LogP) is 2.93. The lowest BCUT2D eigenvalue weighted by Gasteiger charge is -2.24. The summed E-state index contributed by atoms with van der Waals surface area (Å²) in [6.45, 7) is 2.18. The molecule has 2 saturated heterocycles. The number of aliphatic hydroxyl groups excluding tert-OH is 1. The van der Waals surface area contributed by atoms with Gasteiger partial charge in [0.15, 0.2) is 5.82 Å². The summed E-state index contributed by atoms with van der Waals surface area (Å²) in [5.74, 6) is 0.436. The molecule has 0 radical (unpaired) electrons. The van der Waals surface area contributed by atoms with Gasteiger partial charge in [0.25, 0.3) is 0 Å². The van der Waals surface area contributed by atoms with Crippen LogP contribution in [0.25, 0.3) is 28.0 Å². The van der Waals surface area contributed by atoms with Gasteiger partial charge in [-0.25, -0.2) is 9.50 Å².